The molecule has 1 fully saturated rings. The predicted octanol–water partition coefficient (Wildman–Crippen LogP) is 2.74. The number of hydrogen-bond acceptors (Lipinski definition) is 4. The van der Waals surface area contributed by atoms with E-state index >= 15 is 0 Å². The predicted molar refractivity (Wildman–Crippen MR) is 109 cm³/mol. The van der Waals surface area contributed by atoms with E-state index in [1.165, 1.54) is 12.1 Å². The summed E-state index contributed by atoms with van der Waals surface area (Å²) in [5.74, 6) is -0.347. The maximum Gasteiger partial charge on any atom is 0.243 e. The van der Waals surface area contributed by atoms with Gasteiger partial charge in [0, 0.05) is 37.2 Å². The SMILES string of the molecule is CC(C)(C)C(=O)NCCC(=O)Nc1ccc(S(=O)(=O)N2CCCCCC2)cc1. The van der Waals surface area contributed by atoms with E-state index in [1.807, 2.05) is 20.8 Å². The van der Waals surface area contributed by atoms with Crippen LogP contribution in [0, 0.1) is 5.41 Å². The van der Waals surface area contributed by atoms with Gasteiger partial charge < -0.3 is 10.6 Å². The maximum absolute atomic E-state index is 12.8. The Morgan fingerprint density at radius 1 is 1.00 bits per heavy atom. The fraction of sp³-hybridized carbons (Fsp3) is 0.600. The van der Waals surface area contributed by atoms with Crippen molar-refractivity contribution in [3.63, 3.8) is 0 Å². The maximum atomic E-state index is 12.8. The summed E-state index contributed by atoms with van der Waals surface area (Å²) < 4.78 is 27.1. The normalized spacial score (nSPS) is 16.2. The Hall–Kier alpha value is -1.93. The number of nitrogens with one attached hydrogen (secondary N) is 2. The second kappa shape index (κ2) is 9.52. The van der Waals surface area contributed by atoms with E-state index in [4.69, 9.17) is 0 Å². The second-order valence-electron chi connectivity index (χ2n) is 8.15. The average Bonchev–Trinajstić information content (AvgIpc) is 2.91. The molecular formula is C20H31N3O4S. The summed E-state index contributed by atoms with van der Waals surface area (Å²) in [4.78, 5) is 24.0. The van der Waals surface area contributed by atoms with Crippen molar-refractivity contribution in [2.45, 2.75) is 57.8 Å². The molecule has 8 heteroatoms. The number of carbonyl (C=O) groups is 2. The summed E-state index contributed by atoms with van der Waals surface area (Å²) in [6.07, 6.45) is 4.05. The monoisotopic (exact) mass is 409 g/mol. The van der Waals surface area contributed by atoms with Crippen LogP contribution in [0.2, 0.25) is 0 Å². The van der Waals surface area contributed by atoms with Gasteiger partial charge in [-0.15, -0.1) is 0 Å². The molecule has 0 bridgehead atoms. The molecule has 156 valence electrons. The first-order chi connectivity index (χ1) is 13.1. The minimum Gasteiger partial charge on any atom is -0.355 e. The van der Waals surface area contributed by atoms with Gasteiger partial charge in [-0.25, -0.2) is 8.42 Å². The van der Waals surface area contributed by atoms with Gasteiger partial charge in [0.05, 0.1) is 4.90 Å². The third-order valence-electron chi connectivity index (χ3n) is 4.66. The van der Waals surface area contributed by atoms with Gasteiger partial charge in [-0.05, 0) is 37.1 Å². The lowest BCUT2D eigenvalue weighted by Gasteiger charge is -2.20. The molecule has 1 aromatic rings. The smallest absolute Gasteiger partial charge is 0.243 e. The van der Waals surface area contributed by atoms with Crippen LogP contribution in [-0.4, -0.2) is 44.2 Å². The lowest BCUT2D eigenvalue weighted by Crippen LogP contribution is -2.36. The molecule has 28 heavy (non-hydrogen) atoms. The fourth-order valence-electron chi connectivity index (χ4n) is 2.92. The average molecular weight is 410 g/mol. The van der Waals surface area contributed by atoms with Crippen molar-refractivity contribution in [2.75, 3.05) is 25.0 Å². The summed E-state index contributed by atoms with van der Waals surface area (Å²) in [7, 11) is -3.50. The highest BCUT2D eigenvalue weighted by molar-refractivity contribution is 7.89. The third-order valence-corrected chi connectivity index (χ3v) is 6.57. The lowest BCUT2D eigenvalue weighted by atomic mass is 9.96. The molecule has 1 aromatic carbocycles. The van der Waals surface area contributed by atoms with Crippen LogP contribution in [0.25, 0.3) is 0 Å². The number of anilines is 1. The van der Waals surface area contributed by atoms with Crippen LogP contribution in [-0.2, 0) is 19.6 Å². The van der Waals surface area contributed by atoms with Crippen molar-refractivity contribution < 1.29 is 18.0 Å². The Balaban J connectivity index is 1.89. The van der Waals surface area contributed by atoms with Crippen molar-refractivity contribution in [1.82, 2.24) is 9.62 Å². The molecule has 0 aromatic heterocycles. The zero-order valence-electron chi connectivity index (χ0n) is 17.0. The number of carbonyl (C=O) groups excluding carboxylic acids is 2. The molecule has 0 spiro atoms. The van der Waals surface area contributed by atoms with Crippen LogP contribution in [0.15, 0.2) is 29.2 Å². The van der Waals surface area contributed by atoms with Gasteiger partial charge in [0.25, 0.3) is 0 Å². The van der Waals surface area contributed by atoms with Crippen molar-refractivity contribution in [3.05, 3.63) is 24.3 Å². The summed E-state index contributed by atoms with van der Waals surface area (Å²) in [5, 5.41) is 5.45. The van der Waals surface area contributed by atoms with Gasteiger partial charge in [-0.2, -0.15) is 4.31 Å². The van der Waals surface area contributed by atoms with Crippen molar-refractivity contribution in [2.24, 2.45) is 5.41 Å². The van der Waals surface area contributed by atoms with E-state index in [2.05, 4.69) is 10.6 Å². The van der Waals surface area contributed by atoms with Crippen LogP contribution in [0.4, 0.5) is 5.69 Å². The standard InChI is InChI=1S/C20H31N3O4S/c1-20(2,3)19(25)21-13-12-18(24)22-16-8-10-17(11-9-16)28(26,27)23-14-6-4-5-7-15-23/h8-11H,4-7,12-15H2,1-3H3,(H,21,25)(H,22,24). The minimum absolute atomic E-state index is 0.108. The number of nitrogens with zero attached hydrogens (tertiary/aromatic N) is 1. The van der Waals surface area contributed by atoms with Crippen LogP contribution in [0.1, 0.15) is 52.9 Å². The molecule has 1 saturated heterocycles. The van der Waals surface area contributed by atoms with E-state index < -0.39 is 15.4 Å². The van der Waals surface area contributed by atoms with E-state index in [0.717, 1.165) is 25.7 Å². The molecule has 1 heterocycles. The van der Waals surface area contributed by atoms with E-state index in [1.54, 1.807) is 16.4 Å². The van der Waals surface area contributed by atoms with Crippen molar-refractivity contribution in [3.8, 4) is 0 Å². The number of amides is 2. The van der Waals surface area contributed by atoms with Gasteiger partial charge >= 0.3 is 0 Å². The molecule has 2 N–H and O–H groups in total. The number of benzene rings is 1. The minimum atomic E-state index is -3.50. The largest absolute Gasteiger partial charge is 0.355 e. The molecule has 2 amide bonds. The summed E-state index contributed by atoms with van der Waals surface area (Å²) >= 11 is 0. The Labute approximate surface area is 167 Å². The van der Waals surface area contributed by atoms with E-state index in [9.17, 15) is 18.0 Å². The quantitative estimate of drug-likeness (QED) is 0.755. The third kappa shape index (κ3) is 6.31. The number of hydrogen-bond donors (Lipinski definition) is 2. The highest BCUT2D eigenvalue weighted by Crippen LogP contribution is 2.22. The highest BCUT2D eigenvalue weighted by atomic mass is 32.2. The Morgan fingerprint density at radius 2 is 1.57 bits per heavy atom. The number of sulfonamides is 1. The van der Waals surface area contributed by atoms with E-state index in [-0.39, 0.29) is 29.7 Å². The Kier molecular flexibility index (Phi) is 7.60. The molecule has 0 saturated carbocycles. The van der Waals surface area contributed by atoms with Crippen LogP contribution in [0.3, 0.4) is 0 Å². The molecule has 2 rings (SSSR count). The highest BCUT2D eigenvalue weighted by Gasteiger charge is 2.25. The van der Waals surface area contributed by atoms with E-state index in [0.29, 0.717) is 18.8 Å². The van der Waals surface area contributed by atoms with Gasteiger partial charge in [0.2, 0.25) is 21.8 Å². The van der Waals surface area contributed by atoms with Gasteiger partial charge in [-0.1, -0.05) is 33.6 Å². The lowest BCUT2D eigenvalue weighted by molar-refractivity contribution is -0.128. The Morgan fingerprint density at radius 3 is 2.11 bits per heavy atom. The van der Waals surface area contributed by atoms with Crippen LogP contribution >= 0.6 is 0 Å². The fourth-order valence-corrected chi connectivity index (χ4v) is 4.44. The summed E-state index contributed by atoms with van der Waals surface area (Å²) in [6.45, 7) is 6.79. The summed E-state index contributed by atoms with van der Waals surface area (Å²) in [5.41, 5.74) is 0.0347. The number of rotatable bonds is 6. The molecule has 0 radical (unpaired) electrons. The zero-order chi connectivity index (χ0) is 20.8. The molecule has 0 atom stereocenters. The van der Waals surface area contributed by atoms with Crippen LogP contribution < -0.4 is 10.6 Å². The van der Waals surface area contributed by atoms with Gasteiger partial charge in [0.1, 0.15) is 0 Å². The molecule has 7 nitrogen and oxygen atoms in total. The first kappa shape index (κ1) is 22.4. The molecule has 0 aliphatic carbocycles. The molecule has 1 aliphatic rings. The van der Waals surface area contributed by atoms with Gasteiger partial charge in [-0.3, -0.25) is 9.59 Å². The molecule has 0 unspecified atom stereocenters. The molecule has 1 aliphatic heterocycles. The van der Waals surface area contributed by atoms with Crippen LogP contribution in [0.5, 0.6) is 0 Å². The summed E-state index contributed by atoms with van der Waals surface area (Å²) in [6, 6.07) is 6.24. The first-order valence-electron chi connectivity index (χ1n) is 9.79. The molecular weight excluding hydrogens is 378 g/mol. The Bertz CT molecular complexity index is 775. The van der Waals surface area contributed by atoms with Crippen molar-refractivity contribution >= 4 is 27.5 Å². The first-order valence-corrected chi connectivity index (χ1v) is 11.2. The topological polar surface area (TPSA) is 95.6 Å². The second-order valence-corrected chi connectivity index (χ2v) is 10.1. The van der Waals surface area contributed by atoms with Gasteiger partial charge in [0.15, 0.2) is 0 Å². The zero-order valence-corrected chi connectivity index (χ0v) is 17.8. The van der Waals surface area contributed by atoms with Crippen molar-refractivity contribution in [1.29, 1.82) is 0 Å².